The Kier molecular flexibility index (Phi) is 6.15. The summed E-state index contributed by atoms with van der Waals surface area (Å²) in [5.74, 6) is 0. The summed E-state index contributed by atoms with van der Waals surface area (Å²) in [6.07, 6.45) is 5.00. The van der Waals surface area contributed by atoms with Crippen molar-refractivity contribution in [2.75, 3.05) is 32.8 Å². The molecule has 2 N–H and O–H groups in total. The molecule has 0 aliphatic carbocycles. The highest BCUT2D eigenvalue weighted by Crippen LogP contribution is 2.11. The molecule has 0 spiro atoms. The molecule has 1 aliphatic heterocycles. The van der Waals surface area contributed by atoms with Gasteiger partial charge in [-0.2, -0.15) is 0 Å². The van der Waals surface area contributed by atoms with Crippen LogP contribution in [0.25, 0.3) is 0 Å². The van der Waals surface area contributed by atoms with Crippen LogP contribution in [0.15, 0.2) is 0 Å². The monoisotopic (exact) mass is 200 g/mol. The lowest BCUT2D eigenvalue weighted by Crippen LogP contribution is -2.43. The minimum absolute atomic E-state index is 0.297. The zero-order chi connectivity index (χ0) is 10.2. The maximum Gasteiger partial charge on any atom is 0.0443 e. The fraction of sp³-hybridized carbons (Fsp3) is 1.00. The topological polar surface area (TPSA) is 35.5 Å². The van der Waals surface area contributed by atoms with E-state index in [0.29, 0.717) is 12.6 Å². The van der Waals surface area contributed by atoms with Gasteiger partial charge in [0, 0.05) is 19.2 Å². The molecule has 1 rings (SSSR count). The molecule has 1 aliphatic rings. The normalized spacial score (nSPS) is 21.0. The van der Waals surface area contributed by atoms with E-state index in [2.05, 4.69) is 17.1 Å². The van der Waals surface area contributed by atoms with Crippen molar-refractivity contribution in [1.29, 1.82) is 0 Å². The van der Waals surface area contributed by atoms with Gasteiger partial charge in [0.2, 0.25) is 0 Å². The molecule has 14 heavy (non-hydrogen) atoms. The molecule has 1 saturated heterocycles. The van der Waals surface area contributed by atoms with Crippen LogP contribution in [0.1, 0.15) is 32.6 Å². The van der Waals surface area contributed by atoms with Gasteiger partial charge >= 0.3 is 0 Å². The Labute approximate surface area is 87.5 Å². The number of aliphatic hydroxyl groups excluding tert-OH is 1. The highest BCUT2D eigenvalue weighted by molar-refractivity contribution is 4.72. The first-order valence-corrected chi connectivity index (χ1v) is 5.90. The summed E-state index contributed by atoms with van der Waals surface area (Å²) in [6.45, 7) is 7.11. The highest BCUT2D eigenvalue weighted by Gasteiger charge is 2.15. The van der Waals surface area contributed by atoms with Crippen molar-refractivity contribution in [3.63, 3.8) is 0 Å². The molecular formula is C11H24N2O. The summed E-state index contributed by atoms with van der Waals surface area (Å²) in [7, 11) is 0. The summed E-state index contributed by atoms with van der Waals surface area (Å²) in [5, 5.41) is 12.0. The molecule has 0 amide bonds. The van der Waals surface area contributed by atoms with E-state index >= 15 is 0 Å². The van der Waals surface area contributed by atoms with Gasteiger partial charge < -0.3 is 10.4 Å². The van der Waals surface area contributed by atoms with Crippen molar-refractivity contribution >= 4 is 0 Å². The maximum atomic E-state index is 8.63. The van der Waals surface area contributed by atoms with Crippen molar-refractivity contribution in [3.05, 3.63) is 0 Å². The van der Waals surface area contributed by atoms with E-state index in [9.17, 15) is 0 Å². The number of piperidine rings is 1. The predicted molar refractivity (Wildman–Crippen MR) is 59.5 cm³/mol. The van der Waals surface area contributed by atoms with E-state index in [1.807, 2.05) is 0 Å². The minimum Gasteiger partial charge on any atom is -0.396 e. The number of nitrogens with zero attached hydrogens (tertiary/aromatic N) is 1. The van der Waals surface area contributed by atoms with Gasteiger partial charge in [-0.1, -0.05) is 6.42 Å². The van der Waals surface area contributed by atoms with E-state index in [-0.39, 0.29) is 0 Å². The molecule has 1 heterocycles. The van der Waals surface area contributed by atoms with Crippen LogP contribution >= 0.6 is 0 Å². The van der Waals surface area contributed by atoms with Gasteiger partial charge in [-0.15, -0.1) is 0 Å². The Hall–Kier alpha value is -0.120. The van der Waals surface area contributed by atoms with Gasteiger partial charge in [-0.05, 0) is 45.8 Å². The van der Waals surface area contributed by atoms with Crippen molar-refractivity contribution in [2.24, 2.45) is 0 Å². The predicted octanol–water partition coefficient (Wildman–Crippen LogP) is 0.833. The van der Waals surface area contributed by atoms with Crippen molar-refractivity contribution in [1.82, 2.24) is 10.2 Å². The minimum atomic E-state index is 0.297. The molecule has 1 fully saturated rings. The molecule has 0 aromatic heterocycles. The smallest absolute Gasteiger partial charge is 0.0443 e. The molecule has 0 aromatic rings. The Morgan fingerprint density at radius 2 is 2.00 bits per heavy atom. The zero-order valence-electron chi connectivity index (χ0n) is 9.34. The number of hydrogen-bond acceptors (Lipinski definition) is 3. The van der Waals surface area contributed by atoms with Gasteiger partial charge in [-0.25, -0.2) is 0 Å². The number of hydrogen-bond donors (Lipinski definition) is 2. The molecule has 0 aromatic carbocycles. The van der Waals surface area contributed by atoms with E-state index in [4.69, 9.17) is 5.11 Å². The van der Waals surface area contributed by atoms with E-state index < -0.39 is 0 Å². The molecule has 0 radical (unpaired) electrons. The molecule has 3 heteroatoms. The van der Waals surface area contributed by atoms with Crippen molar-refractivity contribution in [3.8, 4) is 0 Å². The van der Waals surface area contributed by atoms with Gasteiger partial charge in [0.25, 0.3) is 0 Å². The van der Waals surface area contributed by atoms with E-state index in [1.165, 1.54) is 32.4 Å². The number of rotatable bonds is 6. The Morgan fingerprint density at radius 1 is 1.29 bits per heavy atom. The Bertz CT molecular complexity index is 135. The standard InChI is InChI=1S/C11H24N2O/c1-11(10-12-6-5-9-14)13-7-3-2-4-8-13/h11-12,14H,2-10H2,1H3. The van der Waals surface area contributed by atoms with Crippen molar-refractivity contribution in [2.45, 2.75) is 38.6 Å². The molecule has 3 nitrogen and oxygen atoms in total. The van der Waals surface area contributed by atoms with E-state index in [0.717, 1.165) is 19.5 Å². The van der Waals surface area contributed by atoms with Crippen LogP contribution in [0, 0.1) is 0 Å². The van der Waals surface area contributed by atoms with Crippen molar-refractivity contribution < 1.29 is 5.11 Å². The fourth-order valence-electron chi connectivity index (χ4n) is 2.00. The third-order valence-corrected chi connectivity index (χ3v) is 2.97. The number of nitrogens with one attached hydrogen (secondary N) is 1. The Balaban J connectivity index is 2.04. The lowest BCUT2D eigenvalue weighted by atomic mass is 10.1. The average molecular weight is 200 g/mol. The lowest BCUT2D eigenvalue weighted by molar-refractivity contribution is 0.170. The van der Waals surface area contributed by atoms with Crippen LogP contribution in [0.2, 0.25) is 0 Å². The summed E-state index contributed by atoms with van der Waals surface area (Å²) in [4.78, 5) is 2.56. The second-order valence-electron chi connectivity index (χ2n) is 4.23. The first-order chi connectivity index (χ1) is 6.84. The van der Waals surface area contributed by atoms with Crippen LogP contribution in [-0.2, 0) is 0 Å². The fourth-order valence-corrected chi connectivity index (χ4v) is 2.00. The lowest BCUT2D eigenvalue weighted by Gasteiger charge is -2.32. The summed E-state index contributed by atoms with van der Waals surface area (Å²) >= 11 is 0. The van der Waals surface area contributed by atoms with Crippen LogP contribution in [-0.4, -0.2) is 48.8 Å². The van der Waals surface area contributed by atoms with Gasteiger partial charge in [-0.3, -0.25) is 4.90 Å². The summed E-state index contributed by atoms with van der Waals surface area (Å²) < 4.78 is 0. The molecule has 0 saturated carbocycles. The SMILES string of the molecule is CC(CNCCCO)N1CCCCC1. The third-order valence-electron chi connectivity index (χ3n) is 2.97. The number of aliphatic hydroxyl groups is 1. The number of likely N-dealkylation sites (tertiary alicyclic amines) is 1. The van der Waals surface area contributed by atoms with Crippen LogP contribution < -0.4 is 5.32 Å². The third kappa shape index (κ3) is 4.40. The summed E-state index contributed by atoms with van der Waals surface area (Å²) in [6, 6.07) is 0.647. The van der Waals surface area contributed by atoms with E-state index in [1.54, 1.807) is 0 Å². The summed E-state index contributed by atoms with van der Waals surface area (Å²) in [5.41, 5.74) is 0. The van der Waals surface area contributed by atoms with Crippen LogP contribution in [0.5, 0.6) is 0 Å². The quantitative estimate of drug-likeness (QED) is 0.624. The van der Waals surface area contributed by atoms with Crippen LogP contribution in [0.4, 0.5) is 0 Å². The average Bonchev–Trinajstić information content (AvgIpc) is 2.25. The Morgan fingerprint density at radius 3 is 2.64 bits per heavy atom. The first kappa shape index (κ1) is 12.0. The first-order valence-electron chi connectivity index (χ1n) is 5.90. The highest BCUT2D eigenvalue weighted by atomic mass is 16.3. The molecule has 0 bridgehead atoms. The van der Waals surface area contributed by atoms with Gasteiger partial charge in [0.05, 0.1) is 0 Å². The van der Waals surface area contributed by atoms with Gasteiger partial charge in [0.15, 0.2) is 0 Å². The van der Waals surface area contributed by atoms with Gasteiger partial charge in [0.1, 0.15) is 0 Å². The molecule has 1 unspecified atom stereocenters. The van der Waals surface area contributed by atoms with Crippen LogP contribution in [0.3, 0.4) is 0 Å². The molecule has 1 atom stereocenters. The second kappa shape index (κ2) is 7.21. The molecular weight excluding hydrogens is 176 g/mol. The second-order valence-corrected chi connectivity index (χ2v) is 4.23. The zero-order valence-corrected chi connectivity index (χ0v) is 9.34. The largest absolute Gasteiger partial charge is 0.396 e. The maximum absolute atomic E-state index is 8.63. The molecule has 84 valence electrons.